The second-order valence-electron chi connectivity index (χ2n) is 6.57. The van der Waals surface area contributed by atoms with Gasteiger partial charge in [-0.1, -0.05) is 13.8 Å². The molecule has 3 rings (SSSR count). The van der Waals surface area contributed by atoms with Crippen molar-refractivity contribution in [3.63, 3.8) is 0 Å². The molecule has 0 bridgehead atoms. The number of likely N-dealkylation sites (tertiary alicyclic amines) is 1. The predicted octanol–water partition coefficient (Wildman–Crippen LogP) is 1.23. The number of nitrogens with one attached hydrogen (secondary N) is 3. The van der Waals surface area contributed by atoms with Gasteiger partial charge in [-0.3, -0.25) is 9.59 Å². The zero-order valence-corrected chi connectivity index (χ0v) is 13.9. The molecule has 2 aromatic rings. The topological polar surface area (TPSA) is 98.1 Å². The van der Waals surface area contributed by atoms with Crippen LogP contribution in [0.2, 0.25) is 0 Å². The maximum absolute atomic E-state index is 12.4. The molecule has 0 spiro atoms. The normalized spacial score (nSPS) is 15.9. The number of rotatable bonds is 3. The van der Waals surface area contributed by atoms with Crippen molar-refractivity contribution in [1.29, 1.82) is 0 Å². The molecule has 0 aliphatic carbocycles. The smallest absolute Gasteiger partial charge is 0.323 e. The van der Waals surface area contributed by atoms with E-state index >= 15 is 0 Å². The quantitative estimate of drug-likeness (QED) is 0.789. The third kappa shape index (κ3) is 3.34. The van der Waals surface area contributed by atoms with Crippen molar-refractivity contribution in [2.24, 2.45) is 5.92 Å². The Labute approximate surface area is 139 Å². The Kier molecular flexibility index (Phi) is 4.42. The Morgan fingerprint density at radius 1 is 1.17 bits per heavy atom. The van der Waals surface area contributed by atoms with Crippen LogP contribution in [0.25, 0.3) is 11.0 Å². The number of carbonyl (C=O) groups is 2. The number of carbonyl (C=O) groups excluding carboxylic acids is 2. The Hall–Kier alpha value is -2.57. The lowest BCUT2D eigenvalue weighted by molar-refractivity contribution is -0.135. The number of imidazole rings is 1. The van der Waals surface area contributed by atoms with Crippen LogP contribution in [-0.4, -0.2) is 45.8 Å². The molecule has 0 atom stereocenters. The lowest BCUT2D eigenvalue weighted by Crippen LogP contribution is -2.47. The van der Waals surface area contributed by atoms with Crippen LogP contribution in [0.3, 0.4) is 0 Å². The van der Waals surface area contributed by atoms with Gasteiger partial charge in [-0.2, -0.15) is 0 Å². The van der Waals surface area contributed by atoms with Gasteiger partial charge in [-0.25, -0.2) is 4.79 Å². The van der Waals surface area contributed by atoms with Crippen LogP contribution in [0.5, 0.6) is 0 Å². The first-order chi connectivity index (χ1) is 11.4. The Morgan fingerprint density at radius 2 is 1.83 bits per heavy atom. The molecule has 1 aromatic carbocycles. The van der Waals surface area contributed by atoms with Crippen LogP contribution >= 0.6 is 0 Å². The van der Waals surface area contributed by atoms with Crippen LogP contribution in [0, 0.1) is 5.92 Å². The third-order valence-electron chi connectivity index (χ3n) is 4.41. The van der Waals surface area contributed by atoms with Gasteiger partial charge < -0.3 is 20.2 Å². The maximum atomic E-state index is 12.4. The van der Waals surface area contributed by atoms with E-state index in [4.69, 9.17) is 0 Å². The van der Waals surface area contributed by atoms with E-state index in [1.807, 2.05) is 18.7 Å². The lowest BCUT2D eigenvalue weighted by atomic mass is 10.0. The summed E-state index contributed by atoms with van der Waals surface area (Å²) < 4.78 is 0. The molecular formula is C17H22N4O3. The average Bonchev–Trinajstić information content (AvgIpc) is 2.93. The van der Waals surface area contributed by atoms with E-state index in [9.17, 15) is 14.4 Å². The second-order valence-corrected chi connectivity index (χ2v) is 6.57. The van der Waals surface area contributed by atoms with Gasteiger partial charge in [0.2, 0.25) is 5.91 Å². The van der Waals surface area contributed by atoms with E-state index in [1.54, 1.807) is 18.2 Å². The lowest BCUT2D eigenvalue weighted by Gasteiger charge is -2.33. The molecule has 1 aliphatic heterocycles. The first-order valence-electron chi connectivity index (χ1n) is 8.26. The standard InChI is InChI=1S/C17H22N4O3/c1-10(2)16(23)21-7-5-12(6-8-21)18-15(22)11-3-4-13-14(9-11)20-17(24)19-13/h3-4,9-10,12H,5-8H2,1-2H3,(H,18,22)(H2,19,20,24). The van der Waals surface area contributed by atoms with E-state index in [1.165, 1.54) is 0 Å². The minimum Gasteiger partial charge on any atom is -0.349 e. The van der Waals surface area contributed by atoms with Gasteiger partial charge in [0.15, 0.2) is 0 Å². The fourth-order valence-electron chi connectivity index (χ4n) is 3.05. The van der Waals surface area contributed by atoms with E-state index in [2.05, 4.69) is 15.3 Å². The van der Waals surface area contributed by atoms with E-state index in [0.717, 1.165) is 12.8 Å². The number of aromatic nitrogens is 2. The molecule has 3 N–H and O–H groups in total. The number of aromatic amines is 2. The minimum atomic E-state index is -0.287. The van der Waals surface area contributed by atoms with Crippen molar-refractivity contribution in [3.05, 3.63) is 34.2 Å². The van der Waals surface area contributed by atoms with Crippen molar-refractivity contribution in [2.45, 2.75) is 32.7 Å². The summed E-state index contributed by atoms with van der Waals surface area (Å²) in [6, 6.07) is 5.14. The molecule has 1 aliphatic rings. The Balaban J connectivity index is 1.60. The molecule has 128 valence electrons. The number of nitrogens with zero attached hydrogens (tertiary/aromatic N) is 1. The van der Waals surface area contributed by atoms with Crippen LogP contribution in [-0.2, 0) is 4.79 Å². The molecule has 7 nitrogen and oxygen atoms in total. The molecule has 2 amide bonds. The Morgan fingerprint density at radius 3 is 2.50 bits per heavy atom. The summed E-state index contributed by atoms with van der Waals surface area (Å²) in [5.74, 6) is 0.0144. The summed E-state index contributed by atoms with van der Waals surface area (Å²) in [6.07, 6.45) is 1.51. The van der Waals surface area contributed by atoms with E-state index < -0.39 is 0 Å². The van der Waals surface area contributed by atoms with Crippen molar-refractivity contribution < 1.29 is 9.59 Å². The number of H-pyrrole nitrogens is 2. The number of benzene rings is 1. The SMILES string of the molecule is CC(C)C(=O)N1CCC(NC(=O)c2ccc3[nH]c(=O)[nH]c3c2)CC1. The molecule has 7 heteroatoms. The highest BCUT2D eigenvalue weighted by Gasteiger charge is 2.25. The molecule has 0 radical (unpaired) electrons. The molecule has 1 fully saturated rings. The predicted molar refractivity (Wildman–Crippen MR) is 90.8 cm³/mol. The summed E-state index contributed by atoms with van der Waals surface area (Å²) in [7, 11) is 0. The fraction of sp³-hybridized carbons (Fsp3) is 0.471. The molecule has 1 aromatic heterocycles. The average molecular weight is 330 g/mol. The highest BCUT2D eigenvalue weighted by Crippen LogP contribution is 2.15. The van der Waals surface area contributed by atoms with Crippen LogP contribution in [0.1, 0.15) is 37.0 Å². The third-order valence-corrected chi connectivity index (χ3v) is 4.41. The Bertz CT molecular complexity index is 813. The van der Waals surface area contributed by atoms with Crippen LogP contribution < -0.4 is 11.0 Å². The summed E-state index contributed by atoms with van der Waals surface area (Å²) in [6.45, 7) is 5.15. The van der Waals surface area contributed by atoms with Gasteiger partial charge in [0.25, 0.3) is 5.91 Å². The number of fused-ring (bicyclic) bond motifs is 1. The van der Waals surface area contributed by atoms with Gasteiger partial charge in [-0.05, 0) is 31.0 Å². The van der Waals surface area contributed by atoms with E-state index in [-0.39, 0.29) is 29.5 Å². The number of piperidine rings is 1. The van der Waals surface area contributed by atoms with Gasteiger partial charge in [0.1, 0.15) is 0 Å². The first kappa shape index (κ1) is 16.3. The second kappa shape index (κ2) is 6.51. The zero-order chi connectivity index (χ0) is 17.3. The zero-order valence-electron chi connectivity index (χ0n) is 13.9. The van der Waals surface area contributed by atoms with Gasteiger partial charge in [0.05, 0.1) is 11.0 Å². The summed E-state index contributed by atoms with van der Waals surface area (Å²) in [5, 5.41) is 3.02. The molecule has 2 heterocycles. The van der Waals surface area contributed by atoms with Crippen molar-refractivity contribution in [2.75, 3.05) is 13.1 Å². The first-order valence-corrected chi connectivity index (χ1v) is 8.26. The van der Waals surface area contributed by atoms with Gasteiger partial charge in [-0.15, -0.1) is 0 Å². The summed E-state index contributed by atoms with van der Waals surface area (Å²) >= 11 is 0. The summed E-state index contributed by atoms with van der Waals surface area (Å²) in [4.78, 5) is 42.8. The summed E-state index contributed by atoms with van der Waals surface area (Å²) in [5.41, 5.74) is 1.52. The van der Waals surface area contributed by atoms with E-state index in [0.29, 0.717) is 29.7 Å². The van der Waals surface area contributed by atoms with Gasteiger partial charge >= 0.3 is 5.69 Å². The number of hydrogen-bond donors (Lipinski definition) is 3. The fourth-order valence-corrected chi connectivity index (χ4v) is 3.05. The maximum Gasteiger partial charge on any atom is 0.323 e. The molecule has 1 saturated heterocycles. The van der Waals surface area contributed by atoms with Gasteiger partial charge in [0, 0.05) is 30.6 Å². The number of hydrogen-bond acceptors (Lipinski definition) is 3. The van der Waals surface area contributed by atoms with Crippen molar-refractivity contribution in [3.8, 4) is 0 Å². The molecule has 0 unspecified atom stereocenters. The highest BCUT2D eigenvalue weighted by molar-refractivity contribution is 5.97. The largest absolute Gasteiger partial charge is 0.349 e. The van der Waals surface area contributed by atoms with Crippen LogP contribution in [0.4, 0.5) is 0 Å². The molecule has 0 saturated carbocycles. The highest BCUT2D eigenvalue weighted by atomic mass is 16.2. The van der Waals surface area contributed by atoms with Crippen molar-refractivity contribution in [1.82, 2.24) is 20.2 Å². The molecular weight excluding hydrogens is 308 g/mol. The van der Waals surface area contributed by atoms with Crippen LogP contribution in [0.15, 0.2) is 23.0 Å². The van der Waals surface area contributed by atoms with Crippen molar-refractivity contribution >= 4 is 22.8 Å². The number of amides is 2. The molecule has 24 heavy (non-hydrogen) atoms. The minimum absolute atomic E-state index is 0.00590. The monoisotopic (exact) mass is 330 g/mol.